The Morgan fingerprint density at radius 1 is 1.46 bits per heavy atom. The molecule has 0 heterocycles. The molecule has 0 aliphatic heterocycles. The highest BCUT2D eigenvalue weighted by Crippen LogP contribution is 1.84. The molecule has 0 aromatic carbocycles. The molecule has 0 aliphatic rings. The van der Waals surface area contributed by atoms with E-state index in [1.54, 1.807) is 0 Å². The van der Waals surface area contributed by atoms with Gasteiger partial charge in [-0.15, -0.1) is 0 Å². The summed E-state index contributed by atoms with van der Waals surface area (Å²) < 4.78 is 5.26. The van der Waals surface area contributed by atoms with E-state index in [0.717, 1.165) is 6.54 Å². The summed E-state index contributed by atoms with van der Waals surface area (Å²) in [6.45, 7) is 8.28. The van der Waals surface area contributed by atoms with Crippen molar-refractivity contribution >= 4 is 5.91 Å². The molecule has 0 aromatic heterocycles. The Morgan fingerprint density at radius 2 is 2.15 bits per heavy atom. The fourth-order valence-electron chi connectivity index (χ4n) is 0.786. The molecule has 0 fully saturated rings. The van der Waals surface area contributed by atoms with Gasteiger partial charge in [-0.3, -0.25) is 4.79 Å². The Hall–Kier alpha value is -0.610. The van der Waals surface area contributed by atoms with Crippen molar-refractivity contribution in [1.29, 1.82) is 0 Å². The van der Waals surface area contributed by atoms with Crippen LogP contribution in [0.25, 0.3) is 0 Å². The Balaban J connectivity index is 3.17. The maximum Gasteiger partial charge on any atom is 0.234 e. The molecule has 4 nitrogen and oxygen atoms in total. The lowest BCUT2D eigenvalue weighted by Crippen LogP contribution is -2.35. The van der Waals surface area contributed by atoms with Crippen LogP contribution in [0.2, 0.25) is 0 Å². The summed E-state index contributed by atoms with van der Waals surface area (Å²) in [5, 5.41) is 5.69. The largest absolute Gasteiger partial charge is 0.377 e. The van der Waals surface area contributed by atoms with Gasteiger partial charge in [0.2, 0.25) is 5.91 Å². The zero-order chi connectivity index (χ0) is 10.1. The number of likely N-dealkylation sites (N-methyl/N-ethyl adjacent to an activating group) is 1. The number of hydrogen-bond donors (Lipinski definition) is 2. The fraction of sp³-hybridized carbons (Fsp3) is 0.889. The fourth-order valence-corrected chi connectivity index (χ4v) is 0.786. The van der Waals surface area contributed by atoms with E-state index >= 15 is 0 Å². The van der Waals surface area contributed by atoms with Crippen LogP contribution in [0.15, 0.2) is 0 Å². The monoisotopic (exact) mass is 188 g/mol. The third kappa shape index (κ3) is 9.30. The van der Waals surface area contributed by atoms with Crippen LogP contribution in [0.5, 0.6) is 0 Å². The predicted molar refractivity (Wildman–Crippen MR) is 52.6 cm³/mol. The first-order chi connectivity index (χ1) is 6.16. The van der Waals surface area contributed by atoms with Crippen LogP contribution in [-0.2, 0) is 9.53 Å². The van der Waals surface area contributed by atoms with Crippen molar-refractivity contribution in [2.45, 2.75) is 26.9 Å². The van der Waals surface area contributed by atoms with E-state index in [4.69, 9.17) is 4.74 Å². The van der Waals surface area contributed by atoms with Crippen LogP contribution >= 0.6 is 0 Å². The Bertz CT molecular complexity index is 138. The summed E-state index contributed by atoms with van der Waals surface area (Å²) in [5.74, 6) is 0.0224. The van der Waals surface area contributed by atoms with Gasteiger partial charge in [0.05, 0.1) is 19.3 Å². The number of rotatable bonds is 7. The molecule has 4 heteroatoms. The molecule has 0 rings (SSSR count). The van der Waals surface area contributed by atoms with Crippen molar-refractivity contribution in [3.05, 3.63) is 0 Å². The van der Waals surface area contributed by atoms with E-state index in [1.807, 2.05) is 20.8 Å². The molecule has 0 bridgehead atoms. The Morgan fingerprint density at radius 3 is 2.69 bits per heavy atom. The molecule has 13 heavy (non-hydrogen) atoms. The number of carbonyl (C=O) groups excluding carboxylic acids is 1. The minimum absolute atomic E-state index is 0.0224. The summed E-state index contributed by atoms with van der Waals surface area (Å²) in [7, 11) is 0. The van der Waals surface area contributed by atoms with Gasteiger partial charge in [0.25, 0.3) is 0 Å². The first-order valence-corrected chi connectivity index (χ1v) is 4.75. The Labute approximate surface area is 80.0 Å². The van der Waals surface area contributed by atoms with Crippen molar-refractivity contribution < 1.29 is 9.53 Å². The van der Waals surface area contributed by atoms with E-state index in [0.29, 0.717) is 19.7 Å². The maximum atomic E-state index is 11.0. The average molecular weight is 188 g/mol. The van der Waals surface area contributed by atoms with Crippen molar-refractivity contribution in [3.8, 4) is 0 Å². The van der Waals surface area contributed by atoms with Crippen LogP contribution in [-0.4, -0.2) is 38.3 Å². The first-order valence-electron chi connectivity index (χ1n) is 4.75. The lowest BCUT2D eigenvalue weighted by atomic mass is 10.5. The second-order valence-corrected chi connectivity index (χ2v) is 3.05. The van der Waals surface area contributed by atoms with Crippen LogP contribution in [0, 0.1) is 0 Å². The van der Waals surface area contributed by atoms with Gasteiger partial charge in [-0.2, -0.15) is 0 Å². The summed E-state index contributed by atoms with van der Waals surface area (Å²) in [6.07, 6.45) is 0.227. The highest BCUT2D eigenvalue weighted by atomic mass is 16.5. The van der Waals surface area contributed by atoms with E-state index in [2.05, 4.69) is 10.6 Å². The molecule has 0 saturated carbocycles. The van der Waals surface area contributed by atoms with Gasteiger partial charge in [0.1, 0.15) is 0 Å². The molecule has 0 spiro atoms. The smallest absolute Gasteiger partial charge is 0.234 e. The van der Waals surface area contributed by atoms with Crippen LogP contribution in [0.1, 0.15) is 20.8 Å². The number of amides is 1. The van der Waals surface area contributed by atoms with Gasteiger partial charge < -0.3 is 15.4 Å². The van der Waals surface area contributed by atoms with Gasteiger partial charge in [-0.25, -0.2) is 0 Å². The zero-order valence-electron chi connectivity index (χ0n) is 8.72. The third-order valence-electron chi connectivity index (χ3n) is 1.41. The summed E-state index contributed by atoms with van der Waals surface area (Å²) >= 11 is 0. The normalized spacial score (nSPS) is 10.5. The maximum absolute atomic E-state index is 11.0. The second kappa shape index (κ2) is 8.01. The molecule has 2 N–H and O–H groups in total. The molecule has 0 aromatic rings. The molecule has 0 unspecified atom stereocenters. The van der Waals surface area contributed by atoms with Crippen molar-refractivity contribution in [2.75, 3.05) is 26.2 Å². The Kier molecular flexibility index (Phi) is 7.63. The number of nitrogens with one attached hydrogen (secondary N) is 2. The van der Waals surface area contributed by atoms with Gasteiger partial charge in [0, 0.05) is 6.54 Å². The minimum atomic E-state index is 0.0224. The van der Waals surface area contributed by atoms with E-state index < -0.39 is 0 Å². The summed E-state index contributed by atoms with van der Waals surface area (Å²) in [5.41, 5.74) is 0. The molecule has 0 aliphatic carbocycles. The van der Waals surface area contributed by atoms with E-state index in [-0.39, 0.29) is 12.0 Å². The summed E-state index contributed by atoms with van der Waals surface area (Å²) in [4.78, 5) is 11.0. The van der Waals surface area contributed by atoms with Gasteiger partial charge in [-0.1, -0.05) is 6.92 Å². The molecule has 0 saturated heterocycles. The lowest BCUT2D eigenvalue weighted by molar-refractivity contribution is -0.120. The molecule has 1 amide bonds. The topological polar surface area (TPSA) is 50.4 Å². The van der Waals surface area contributed by atoms with E-state index in [9.17, 15) is 4.79 Å². The van der Waals surface area contributed by atoms with Crippen LogP contribution < -0.4 is 10.6 Å². The lowest BCUT2D eigenvalue weighted by Gasteiger charge is -2.08. The van der Waals surface area contributed by atoms with Gasteiger partial charge in [-0.05, 0) is 20.4 Å². The highest BCUT2D eigenvalue weighted by molar-refractivity contribution is 5.77. The van der Waals surface area contributed by atoms with Crippen LogP contribution in [0.4, 0.5) is 0 Å². The quantitative estimate of drug-likeness (QED) is 0.559. The van der Waals surface area contributed by atoms with Crippen molar-refractivity contribution in [2.24, 2.45) is 0 Å². The predicted octanol–water partition coefficient (Wildman–Crippen LogP) is 0.137. The second-order valence-electron chi connectivity index (χ2n) is 3.05. The molecular formula is C9H20N2O2. The van der Waals surface area contributed by atoms with Gasteiger partial charge >= 0.3 is 0 Å². The SMILES string of the molecule is CCNCC(=O)NCCOC(C)C. The number of hydrogen-bond acceptors (Lipinski definition) is 3. The third-order valence-corrected chi connectivity index (χ3v) is 1.41. The average Bonchev–Trinajstić information content (AvgIpc) is 2.08. The summed E-state index contributed by atoms with van der Waals surface area (Å²) in [6, 6.07) is 0. The highest BCUT2D eigenvalue weighted by Gasteiger charge is 1.98. The molecular weight excluding hydrogens is 168 g/mol. The molecule has 0 radical (unpaired) electrons. The number of ether oxygens (including phenoxy) is 1. The van der Waals surface area contributed by atoms with Gasteiger partial charge in [0.15, 0.2) is 0 Å². The minimum Gasteiger partial charge on any atom is -0.377 e. The number of carbonyl (C=O) groups is 1. The molecule has 0 atom stereocenters. The first kappa shape index (κ1) is 12.4. The van der Waals surface area contributed by atoms with Crippen LogP contribution in [0.3, 0.4) is 0 Å². The molecule has 78 valence electrons. The van der Waals surface area contributed by atoms with Crippen molar-refractivity contribution in [3.63, 3.8) is 0 Å². The van der Waals surface area contributed by atoms with Crippen molar-refractivity contribution in [1.82, 2.24) is 10.6 Å². The zero-order valence-corrected chi connectivity index (χ0v) is 8.72. The van der Waals surface area contributed by atoms with E-state index in [1.165, 1.54) is 0 Å². The standard InChI is InChI=1S/C9H20N2O2/c1-4-10-7-9(12)11-5-6-13-8(2)3/h8,10H,4-7H2,1-3H3,(H,11,12).